The fourth-order valence-corrected chi connectivity index (χ4v) is 2.67. The maximum absolute atomic E-state index is 12.8. The highest BCUT2D eigenvalue weighted by atomic mass is 19.4. The smallest absolute Gasteiger partial charge is 0.466 e. The normalized spacial score (nSPS) is 18.6. The molecule has 0 unspecified atom stereocenters. The van der Waals surface area contributed by atoms with Crippen LogP contribution in [0.15, 0.2) is 24.3 Å². The fourth-order valence-electron chi connectivity index (χ4n) is 2.67. The van der Waals surface area contributed by atoms with Crippen LogP contribution in [0.5, 0.6) is 0 Å². The van der Waals surface area contributed by atoms with Gasteiger partial charge in [-0.3, -0.25) is 9.59 Å². The standard InChI is InChI=1S/C15H18BF3NO3/c1-2-23-15(22)12-6-4-8-20(10-12)14(21)11-5-3-7-13(9-11)16(17,18)19/h3,5,7,9,12H,2,4,6,8,10H2,1H3/q-1/t12-/m1/s1. The lowest BCUT2D eigenvalue weighted by Gasteiger charge is -2.31. The summed E-state index contributed by atoms with van der Waals surface area (Å²) in [5, 5.41) is 0. The second kappa shape index (κ2) is 7.06. The zero-order valence-electron chi connectivity index (χ0n) is 12.8. The Labute approximate surface area is 132 Å². The van der Waals surface area contributed by atoms with Crippen LogP contribution in [0.1, 0.15) is 30.1 Å². The molecule has 0 aromatic heterocycles. The molecule has 1 saturated heterocycles. The number of ether oxygens (including phenoxy) is 1. The van der Waals surface area contributed by atoms with Crippen molar-refractivity contribution in [3.63, 3.8) is 0 Å². The topological polar surface area (TPSA) is 46.6 Å². The van der Waals surface area contributed by atoms with Gasteiger partial charge in [-0.15, -0.1) is 5.46 Å². The van der Waals surface area contributed by atoms with Crippen molar-refractivity contribution in [2.45, 2.75) is 19.8 Å². The average molecular weight is 328 g/mol. The van der Waals surface area contributed by atoms with E-state index in [1.54, 1.807) is 6.92 Å². The molecule has 8 heteroatoms. The number of benzene rings is 1. The van der Waals surface area contributed by atoms with Gasteiger partial charge in [0.15, 0.2) is 0 Å². The summed E-state index contributed by atoms with van der Waals surface area (Å²) in [6, 6.07) is 4.41. The lowest BCUT2D eigenvalue weighted by molar-refractivity contribution is -0.149. The van der Waals surface area contributed by atoms with E-state index in [0.717, 1.165) is 12.1 Å². The minimum Gasteiger partial charge on any atom is -0.466 e. The number of carbonyl (C=O) groups is 2. The number of piperidine rings is 1. The molecule has 126 valence electrons. The molecule has 0 spiro atoms. The Kier molecular flexibility index (Phi) is 5.33. The maximum Gasteiger partial charge on any atom is 0.509 e. The number of nitrogens with zero attached hydrogens (tertiary/aromatic N) is 1. The molecule has 0 bridgehead atoms. The summed E-state index contributed by atoms with van der Waals surface area (Å²) in [5.74, 6) is -1.26. The molecule has 1 fully saturated rings. The highest BCUT2D eigenvalue weighted by Gasteiger charge is 2.31. The molecule has 1 aromatic rings. The van der Waals surface area contributed by atoms with Crippen LogP contribution in [-0.2, 0) is 9.53 Å². The van der Waals surface area contributed by atoms with Crippen LogP contribution in [0.25, 0.3) is 0 Å². The molecule has 1 aromatic carbocycles. The summed E-state index contributed by atoms with van der Waals surface area (Å²) in [7, 11) is 0. The van der Waals surface area contributed by atoms with Crippen LogP contribution in [0.2, 0.25) is 0 Å². The molecule has 1 aliphatic rings. The number of halogens is 3. The third-order valence-corrected chi connectivity index (χ3v) is 3.84. The minimum absolute atomic E-state index is 0.00814. The van der Waals surface area contributed by atoms with Gasteiger partial charge in [0.2, 0.25) is 0 Å². The molecule has 0 saturated carbocycles. The second-order valence-electron chi connectivity index (χ2n) is 5.54. The minimum atomic E-state index is -5.15. The summed E-state index contributed by atoms with van der Waals surface area (Å²) in [6.07, 6.45) is 1.24. The molecule has 1 atom stereocenters. The van der Waals surface area contributed by atoms with Crippen LogP contribution in [0.4, 0.5) is 12.9 Å². The molecule has 23 heavy (non-hydrogen) atoms. The van der Waals surface area contributed by atoms with Crippen LogP contribution in [-0.4, -0.2) is 43.5 Å². The fraction of sp³-hybridized carbons (Fsp3) is 0.467. The van der Waals surface area contributed by atoms with Gasteiger partial charge in [-0.1, -0.05) is 18.2 Å². The van der Waals surface area contributed by atoms with Crippen LogP contribution >= 0.6 is 0 Å². The van der Waals surface area contributed by atoms with E-state index in [0.29, 0.717) is 19.4 Å². The predicted octanol–water partition coefficient (Wildman–Crippen LogP) is 2.16. The molecular weight excluding hydrogens is 310 g/mol. The Morgan fingerprint density at radius 2 is 2.09 bits per heavy atom. The first-order chi connectivity index (χ1) is 10.8. The van der Waals surface area contributed by atoms with E-state index in [1.807, 2.05) is 0 Å². The maximum atomic E-state index is 12.8. The third kappa shape index (κ3) is 4.27. The predicted molar refractivity (Wildman–Crippen MR) is 80.4 cm³/mol. The number of carbonyl (C=O) groups excluding carboxylic acids is 2. The Morgan fingerprint density at radius 1 is 1.35 bits per heavy atom. The van der Waals surface area contributed by atoms with Gasteiger partial charge in [0.05, 0.1) is 12.5 Å². The molecule has 1 aliphatic heterocycles. The SMILES string of the molecule is CCOC(=O)[C@@H]1CCCN(C(=O)c2cccc([B-](F)(F)F)c2)C1. The van der Waals surface area contributed by atoms with Gasteiger partial charge in [0.25, 0.3) is 5.91 Å². The van der Waals surface area contributed by atoms with Crippen molar-refractivity contribution in [3.8, 4) is 0 Å². The Morgan fingerprint density at radius 3 is 2.74 bits per heavy atom. The molecule has 2 rings (SSSR count). The highest BCUT2D eigenvalue weighted by Crippen LogP contribution is 2.20. The molecule has 1 amide bonds. The third-order valence-electron chi connectivity index (χ3n) is 3.84. The van der Waals surface area contributed by atoms with E-state index >= 15 is 0 Å². The zero-order valence-corrected chi connectivity index (χ0v) is 12.8. The van der Waals surface area contributed by atoms with E-state index in [1.165, 1.54) is 17.0 Å². The van der Waals surface area contributed by atoms with Gasteiger partial charge >= 0.3 is 12.9 Å². The van der Waals surface area contributed by atoms with E-state index in [9.17, 15) is 22.5 Å². The van der Waals surface area contributed by atoms with E-state index < -0.39 is 24.3 Å². The van der Waals surface area contributed by atoms with E-state index in [2.05, 4.69) is 0 Å². The molecular formula is C15H18BF3NO3-. The van der Waals surface area contributed by atoms with Gasteiger partial charge in [-0.05, 0) is 25.8 Å². The van der Waals surface area contributed by atoms with Gasteiger partial charge in [0, 0.05) is 18.7 Å². The Balaban J connectivity index is 2.12. The second-order valence-corrected chi connectivity index (χ2v) is 5.54. The summed E-state index contributed by atoms with van der Waals surface area (Å²) in [4.78, 5) is 25.6. The van der Waals surface area contributed by atoms with Crippen molar-refractivity contribution in [3.05, 3.63) is 29.8 Å². The number of hydrogen-bond acceptors (Lipinski definition) is 3. The number of esters is 1. The van der Waals surface area contributed by atoms with Crippen molar-refractivity contribution < 1.29 is 27.3 Å². The molecule has 4 nitrogen and oxygen atoms in total. The number of likely N-dealkylation sites (tertiary alicyclic amines) is 1. The van der Waals surface area contributed by atoms with Crippen LogP contribution in [0.3, 0.4) is 0 Å². The lowest BCUT2D eigenvalue weighted by Crippen LogP contribution is -2.43. The highest BCUT2D eigenvalue weighted by molar-refractivity contribution is 6.73. The lowest BCUT2D eigenvalue weighted by atomic mass is 9.79. The first kappa shape index (κ1) is 17.4. The molecule has 0 N–H and O–H groups in total. The summed E-state index contributed by atoms with van der Waals surface area (Å²) >= 11 is 0. The van der Waals surface area contributed by atoms with Crippen molar-refractivity contribution in [1.29, 1.82) is 0 Å². The first-order valence-corrected chi connectivity index (χ1v) is 7.58. The Hall–Kier alpha value is -1.99. The summed E-state index contributed by atoms with van der Waals surface area (Å²) in [5.41, 5.74) is -0.805. The quantitative estimate of drug-likeness (QED) is 0.629. The zero-order chi connectivity index (χ0) is 17.0. The van der Waals surface area contributed by atoms with E-state index in [-0.39, 0.29) is 24.7 Å². The average Bonchev–Trinajstić information content (AvgIpc) is 2.54. The number of hydrogen-bond donors (Lipinski definition) is 0. The molecule has 1 heterocycles. The van der Waals surface area contributed by atoms with Gasteiger partial charge in [-0.2, -0.15) is 0 Å². The monoisotopic (exact) mass is 328 g/mol. The van der Waals surface area contributed by atoms with Crippen molar-refractivity contribution >= 4 is 24.3 Å². The van der Waals surface area contributed by atoms with Crippen LogP contribution in [0, 0.1) is 5.92 Å². The number of rotatable bonds is 4. The van der Waals surface area contributed by atoms with Crippen molar-refractivity contribution in [2.75, 3.05) is 19.7 Å². The van der Waals surface area contributed by atoms with Crippen molar-refractivity contribution in [1.82, 2.24) is 4.90 Å². The Bertz CT molecular complexity index is 592. The van der Waals surface area contributed by atoms with Gasteiger partial charge < -0.3 is 22.6 Å². The molecule has 0 aliphatic carbocycles. The summed E-state index contributed by atoms with van der Waals surface area (Å²) < 4.78 is 43.4. The van der Waals surface area contributed by atoms with Gasteiger partial charge in [-0.25, -0.2) is 0 Å². The largest absolute Gasteiger partial charge is 0.509 e. The summed E-state index contributed by atoms with van der Waals surface area (Å²) in [6.45, 7) is -2.58. The van der Waals surface area contributed by atoms with Crippen LogP contribution < -0.4 is 5.46 Å². The molecule has 0 radical (unpaired) electrons. The van der Waals surface area contributed by atoms with Gasteiger partial charge in [0.1, 0.15) is 0 Å². The first-order valence-electron chi connectivity index (χ1n) is 7.58. The van der Waals surface area contributed by atoms with Crippen molar-refractivity contribution in [2.24, 2.45) is 5.92 Å². The number of amides is 1. The van der Waals surface area contributed by atoms with E-state index in [4.69, 9.17) is 4.74 Å².